The molecule has 8 heteroatoms. The second-order valence-corrected chi connectivity index (χ2v) is 9.27. The Bertz CT molecular complexity index is 854. The Hall–Kier alpha value is -2.22. The highest BCUT2D eigenvalue weighted by molar-refractivity contribution is 8.00. The summed E-state index contributed by atoms with van der Waals surface area (Å²) in [5.74, 6) is 8.00. The average Bonchev–Trinajstić information content (AvgIpc) is 3.02. The second kappa shape index (κ2) is 9.52. The van der Waals surface area contributed by atoms with Crippen LogP contribution in [0.1, 0.15) is 56.5 Å². The highest BCUT2D eigenvalue weighted by Crippen LogP contribution is 2.26. The maximum Gasteiger partial charge on any atom is 0.233 e. The van der Waals surface area contributed by atoms with Gasteiger partial charge in [-0.3, -0.25) is 4.79 Å². The van der Waals surface area contributed by atoms with Crippen molar-refractivity contribution in [3.05, 3.63) is 35.2 Å². The molecule has 1 aromatic carbocycles. The lowest BCUT2D eigenvalue weighted by atomic mass is 9.86. The van der Waals surface area contributed by atoms with Crippen molar-refractivity contribution in [2.45, 2.75) is 76.4 Å². The molecule has 1 aliphatic rings. The van der Waals surface area contributed by atoms with Crippen LogP contribution in [0.2, 0.25) is 0 Å². The first-order valence-corrected chi connectivity index (χ1v) is 11.1. The van der Waals surface area contributed by atoms with Crippen LogP contribution in [0.3, 0.4) is 0 Å². The molecule has 2 aromatic rings. The number of benzene rings is 1. The minimum absolute atomic E-state index is 0.0184. The summed E-state index contributed by atoms with van der Waals surface area (Å²) < 4.78 is 7.25. The van der Waals surface area contributed by atoms with E-state index in [2.05, 4.69) is 28.5 Å². The first-order valence-electron chi connectivity index (χ1n) is 10.2. The third-order valence-electron chi connectivity index (χ3n) is 5.51. The molecule has 0 spiro atoms. The van der Waals surface area contributed by atoms with Gasteiger partial charge < -0.3 is 15.9 Å². The van der Waals surface area contributed by atoms with Crippen LogP contribution in [0.4, 0.5) is 0 Å². The normalized spacial score (nSPS) is 20.3. The molecular weight excluding hydrogens is 386 g/mol. The number of ether oxygens (including phenoxy) is 1. The molecular formula is C21H31N5O2S. The highest BCUT2D eigenvalue weighted by atomic mass is 32.2. The number of nitrogen functional groups attached to an aromatic ring is 1. The number of amides is 1. The van der Waals surface area contributed by atoms with Gasteiger partial charge in [0.2, 0.25) is 11.1 Å². The van der Waals surface area contributed by atoms with Crippen molar-refractivity contribution in [2.24, 2.45) is 5.92 Å². The van der Waals surface area contributed by atoms with Crippen molar-refractivity contribution in [1.82, 2.24) is 20.2 Å². The van der Waals surface area contributed by atoms with Gasteiger partial charge in [-0.1, -0.05) is 49.2 Å². The lowest BCUT2D eigenvalue weighted by molar-refractivity contribution is -0.121. The first kappa shape index (κ1) is 21.5. The van der Waals surface area contributed by atoms with Crippen molar-refractivity contribution in [1.29, 1.82) is 0 Å². The van der Waals surface area contributed by atoms with E-state index < -0.39 is 0 Å². The summed E-state index contributed by atoms with van der Waals surface area (Å²) in [4.78, 5) is 12.6. The van der Waals surface area contributed by atoms with Gasteiger partial charge in [0, 0.05) is 6.04 Å². The van der Waals surface area contributed by atoms with Gasteiger partial charge in [-0.25, -0.2) is 4.68 Å². The number of hydrogen-bond donors (Lipinski definition) is 2. The minimum Gasteiger partial charge on any atom is -0.485 e. The number of carbonyl (C=O) groups excluding carboxylic acids is 1. The fourth-order valence-electron chi connectivity index (χ4n) is 3.63. The van der Waals surface area contributed by atoms with E-state index in [1.165, 1.54) is 41.3 Å². The van der Waals surface area contributed by atoms with Crippen LogP contribution in [-0.2, 0) is 11.4 Å². The number of rotatable bonds is 7. The number of nitrogens with one attached hydrogen (secondary N) is 1. The zero-order chi connectivity index (χ0) is 21.0. The number of aromatic nitrogens is 3. The first-order chi connectivity index (χ1) is 13.8. The Kier molecular flexibility index (Phi) is 7.05. The fourth-order valence-corrected chi connectivity index (χ4v) is 4.43. The molecule has 158 valence electrons. The van der Waals surface area contributed by atoms with Crippen LogP contribution < -0.4 is 15.9 Å². The maximum absolute atomic E-state index is 12.6. The molecule has 0 unspecified atom stereocenters. The van der Waals surface area contributed by atoms with E-state index in [9.17, 15) is 4.79 Å². The summed E-state index contributed by atoms with van der Waals surface area (Å²) in [5.41, 5.74) is 2.25. The lowest BCUT2D eigenvalue weighted by Gasteiger charge is -2.30. The molecule has 0 saturated heterocycles. The summed E-state index contributed by atoms with van der Waals surface area (Å²) in [7, 11) is 0. The van der Waals surface area contributed by atoms with Crippen LogP contribution in [0.5, 0.6) is 5.75 Å². The van der Waals surface area contributed by atoms with Gasteiger partial charge >= 0.3 is 0 Å². The second-order valence-electron chi connectivity index (χ2n) is 7.96. The monoisotopic (exact) mass is 417 g/mol. The predicted molar refractivity (Wildman–Crippen MR) is 115 cm³/mol. The molecule has 0 bridgehead atoms. The smallest absolute Gasteiger partial charge is 0.233 e. The van der Waals surface area contributed by atoms with E-state index in [-0.39, 0.29) is 23.8 Å². The summed E-state index contributed by atoms with van der Waals surface area (Å²) >= 11 is 1.31. The van der Waals surface area contributed by atoms with Gasteiger partial charge in [0.05, 0.1) is 5.25 Å². The van der Waals surface area contributed by atoms with Gasteiger partial charge in [0.15, 0.2) is 5.82 Å². The zero-order valence-electron chi connectivity index (χ0n) is 17.6. The van der Waals surface area contributed by atoms with E-state index >= 15 is 0 Å². The number of nitrogens with two attached hydrogens (primary N) is 1. The standard InChI is InChI=1S/C21H31N5O2S/c1-13-9-10-18(15(3)11-13)28-12-19-24-25-21(26(19)22)29-16(4)20(27)23-17-8-6-5-7-14(17)2/h9-11,14,16-17H,5-8,12,22H2,1-4H3,(H,23,27)/t14-,16-,17+/m0/s1. The number of aryl methyl sites for hydroxylation is 2. The van der Waals surface area contributed by atoms with Gasteiger partial charge in [0.25, 0.3) is 0 Å². The van der Waals surface area contributed by atoms with E-state index in [0.717, 1.165) is 17.7 Å². The summed E-state index contributed by atoms with van der Waals surface area (Å²) in [6.45, 7) is 8.34. The average molecular weight is 418 g/mol. The molecule has 1 fully saturated rings. The predicted octanol–water partition coefficient (Wildman–Crippen LogP) is 3.36. The van der Waals surface area contributed by atoms with Crippen molar-refractivity contribution in [3.63, 3.8) is 0 Å². The molecule has 1 saturated carbocycles. The number of thioether (sulfide) groups is 1. The van der Waals surface area contributed by atoms with Crippen molar-refractivity contribution >= 4 is 17.7 Å². The largest absolute Gasteiger partial charge is 0.485 e. The molecule has 3 rings (SSSR count). The Balaban J connectivity index is 1.56. The topological polar surface area (TPSA) is 95.1 Å². The van der Waals surface area contributed by atoms with E-state index in [4.69, 9.17) is 10.6 Å². The van der Waals surface area contributed by atoms with Crippen LogP contribution in [0.15, 0.2) is 23.4 Å². The number of hydrogen-bond acceptors (Lipinski definition) is 6. The number of nitrogens with zero attached hydrogens (tertiary/aromatic N) is 3. The van der Waals surface area contributed by atoms with Crippen molar-refractivity contribution in [2.75, 3.05) is 5.84 Å². The van der Waals surface area contributed by atoms with Gasteiger partial charge in [0.1, 0.15) is 12.4 Å². The van der Waals surface area contributed by atoms with Gasteiger partial charge in [-0.05, 0) is 51.2 Å². The Morgan fingerprint density at radius 1 is 1.34 bits per heavy atom. The van der Waals surface area contributed by atoms with E-state index in [1.807, 2.05) is 32.9 Å². The molecule has 0 radical (unpaired) electrons. The van der Waals surface area contributed by atoms with Crippen molar-refractivity contribution in [3.8, 4) is 5.75 Å². The zero-order valence-corrected chi connectivity index (χ0v) is 18.5. The molecule has 0 aliphatic heterocycles. The van der Waals surface area contributed by atoms with Gasteiger partial charge in [-0.2, -0.15) is 0 Å². The van der Waals surface area contributed by atoms with E-state index in [1.54, 1.807) is 0 Å². The SMILES string of the molecule is Cc1ccc(OCc2nnc(S[C@@H](C)C(=O)N[C@@H]3CCCC[C@@H]3C)n2N)c(C)c1. The maximum atomic E-state index is 12.6. The Morgan fingerprint density at radius 3 is 2.83 bits per heavy atom. The quantitative estimate of drug-likeness (QED) is 0.530. The van der Waals surface area contributed by atoms with Crippen LogP contribution in [0.25, 0.3) is 0 Å². The number of carbonyl (C=O) groups is 1. The molecule has 7 nitrogen and oxygen atoms in total. The van der Waals surface area contributed by atoms with Crippen molar-refractivity contribution < 1.29 is 9.53 Å². The molecule has 1 aromatic heterocycles. The van der Waals surface area contributed by atoms with E-state index in [0.29, 0.717) is 16.9 Å². The molecule has 3 N–H and O–H groups in total. The Labute approximate surface area is 176 Å². The fraction of sp³-hybridized carbons (Fsp3) is 0.571. The minimum atomic E-state index is -0.302. The van der Waals surface area contributed by atoms with Crippen LogP contribution in [-0.4, -0.2) is 32.1 Å². The molecule has 1 aliphatic carbocycles. The van der Waals surface area contributed by atoms with Gasteiger partial charge in [-0.15, -0.1) is 10.2 Å². The molecule has 1 amide bonds. The third-order valence-corrected chi connectivity index (χ3v) is 6.57. The summed E-state index contributed by atoms with van der Waals surface area (Å²) in [6, 6.07) is 6.27. The lowest BCUT2D eigenvalue weighted by Crippen LogP contribution is -2.44. The summed E-state index contributed by atoms with van der Waals surface area (Å²) in [6.07, 6.45) is 4.66. The molecule has 1 heterocycles. The third kappa shape index (κ3) is 5.44. The van der Waals surface area contributed by atoms with Crippen LogP contribution >= 0.6 is 11.8 Å². The highest BCUT2D eigenvalue weighted by Gasteiger charge is 2.26. The molecule has 29 heavy (non-hydrogen) atoms. The summed E-state index contributed by atoms with van der Waals surface area (Å²) in [5, 5.41) is 11.7. The van der Waals surface area contributed by atoms with Crippen LogP contribution in [0, 0.1) is 19.8 Å². The molecule has 3 atom stereocenters. The Morgan fingerprint density at radius 2 is 2.10 bits per heavy atom.